The molecule has 0 radical (unpaired) electrons. The maximum atomic E-state index is 11.9. The first-order valence-electron chi connectivity index (χ1n) is 8.43. The summed E-state index contributed by atoms with van der Waals surface area (Å²) in [6, 6.07) is 3.94. The van der Waals surface area contributed by atoms with Crippen molar-refractivity contribution in [2.24, 2.45) is 0 Å². The van der Waals surface area contributed by atoms with Crippen molar-refractivity contribution in [2.75, 3.05) is 19.6 Å². The predicted molar refractivity (Wildman–Crippen MR) is 90.4 cm³/mol. The van der Waals surface area contributed by atoms with Crippen LogP contribution in [-0.4, -0.2) is 51.1 Å². The summed E-state index contributed by atoms with van der Waals surface area (Å²) in [5.41, 5.74) is 1.84. The van der Waals surface area contributed by atoms with Gasteiger partial charge >= 0.3 is 0 Å². The minimum absolute atomic E-state index is 0.0517. The third-order valence-electron chi connectivity index (χ3n) is 4.46. The molecule has 7 nitrogen and oxygen atoms in total. The number of nitrogens with one attached hydrogen (secondary N) is 1. The standard InChI is InChI=1S/C17H23N5O2/c1-3-15(24)21-9-6-13(11-21)16-14-5-4-7-19-17(14)22(20-16)10-8-18-12(2)23/h4-5,7,13H,3,6,8-11H2,1-2H3,(H,18,23)/t13-/m1/s1. The van der Waals surface area contributed by atoms with Crippen LogP contribution >= 0.6 is 0 Å². The Balaban J connectivity index is 1.83. The van der Waals surface area contributed by atoms with Crippen molar-refractivity contribution in [2.45, 2.75) is 39.2 Å². The zero-order chi connectivity index (χ0) is 17.1. The van der Waals surface area contributed by atoms with Crippen molar-refractivity contribution in [1.82, 2.24) is 25.0 Å². The maximum absolute atomic E-state index is 11.9. The molecule has 0 saturated carbocycles. The van der Waals surface area contributed by atoms with E-state index in [-0.39, 0.29) is 17.7 Å². The van der Waals surface area contributed by atoms with Gasteiger partial charge in [-0.15, -0.1) is 0 Å². The van der Waals surface area contributed by atoms with Gasteiger partial charge in [0.1, 0.15) is 0 Å². The fourth-order valence-corrected chi connectivity index (χ4v) is 3.26. The molecule has 0 aliphatic carbocycles. The Morgan fingerprint density at radius 2 is 2.25 bits per heavy atom. The first kappa shape index (κ1) is 16.4. The first-order chi connectivity index (χ1) is 11.6. The summed E-state index contributed by atoms with van der Waals surface area (Å²) in [6.07, 6.45) is 3.23. The summed E-state index contributed by atoms with van der Waals surface area (Å²) < 4.78 is 1.85. The zero-order valence-corrected chi connectivity index (χ0v) is 14.2. The Labute approximate surface area is 141 Å². The molecule has 2 amide bonds. The normalized spacial score (nSPS) is 17.4. The predicted octanol–water partition coefficient (Wildman–Crippen LogP) is 1.29. The Hall–Kier alpha value is -2.44. The second-order valence-corrected chi connectivity index (χ2v) is 6.14. The van der Waals surface area contributed by atoms with Gasteiger partial charge in [-0.2, -0.15) is 5.10 Å². The largest absolute Gasteiger partial charge is 0.354 e. The van der Waals surface area contributed by atoms with Crippen LogP contribution in [0.2, 0.25) is 0 Å². The van der Waals surface area contributed by atoms with Gasteiger partial charge in [0.25, 0.3) is 0 Å². The lowest BCUT2D eigenvalue weighted by atomic mass is 10.0. The van der Waals surface area contributed by atoms with E-state index in [1.807, 2.05) is 28.6 Å². The molecular formula is C17H23N5O2. The fourth-order valence-electron chi connectivity index (χ4n) is 3.26. The molecule has 1 N–H and O–H groups in total. The molecule has 2 aromatic rings. The molecule has 3 heterocycles. The highest BCUT2D eigenvalue weighted by molar-refractivity contribution is 5.80. The van der Waals surface area contributed by atoms with Gasteiger partial charge in [0, 0.05) is 50.5 Å². The van der Waals surface area contributed by atoms with Crippen molar-refractivity contribution >= 4 is 22.8 Å². The van der Waals surface area contributed by atoms with Gasteiger partial charge in [-0.25, -0.2) is 9.67 Å². The Kier molecular flexibility index (Phi) is 4.78. The van der Waals surface area contributed by atoms with Gasteiger partial charge in [-0.1, -0.05) is 6.92 Å². The summed E-state index contributed by atoms with van der Waals surface area (Å²) in [5, 5.41) is 8.58. The lowest BCUT2D eigenvalue weighted by molar-refractivity contribution is -0.129. The smallest absolute Gasteiger partial charge is 0.222 e. The van der Waals surface area contributed by atoms with E-state index in [0.29, 0.717) is 19.5 Å². The minimum atomic E-state index is -0.0517. The molecule has 2 aromatic heterocycles. The highest BCUT2D eigenvalue weighted by Crippen LogP contribution is 2.31. The van der Waals surface area contributed by atoms with Crippen LogP contribution in [0.25, 0.3) is 11.0 Å². The van der Waals surface area contributed by atoms with Crippen molar-refractivity contribution in [3.05, 3.63) is 24.0 Å². The highest BCUT2D eigenvalue weighted by atomic mass is 16.2. The zero-order valence-electron chi connectivity index (χ0n) is 14.2. The molecular weight excluding hydrogens is 306 g/mol. The lowest BCUT2D eigenvalue weighted by Crippen LogP contribution is -2.27. The van der Waals surface area contributed by atoms with Gasteiger partial charge < -0.3 is 10.2 Å². The fraction of sp³-hybridized carbons (Fsp3) is 0.529. The van der Waals surface area contributed by atoms with Crippen LogP contribution in [0.4, 0.5) is 0 Å². The summed E-state index contributed by atoms with van der Waals surface area (Å²) in [4.78, 5) is 29.3. The van der Waals surface area contributed by atoms with Crippen molar-refractivity contribution in [1.29, 1.82) is 0 Å². The van der Waals surface area contributed by atoms with Crippen LogP contribution in [0.1, 0.15) is 38.3 Å². The van der Waals surface area contributed by atoms with Gasteiger partial charge in [-0.3, -0.25) is 9.59 Å². The van der Waals surface area contributed by atoms with E-state index < -0.39 is 0 Å². The topological polar surface area (TPSA) is 80.1 Å². The third-order valence-corrected chi connectivity index (χ3v) is 4.46. The van der Waals surface area contributed by atoms with Crippen LogP contribution in [0.15, 0.2) is 18.3 Å². The van der Waals surface area contributed by atoms with Crippen molar-refractivity contribution < 1.29 is 9.59 Å². The number of fused-ring (bicyclic) bond motifs is 1. The number of pyridine rings is 1. The SMILES string of the molecule is CCC(=O)N1CC[C@@H](c2nn(CCNC(C)=O)c3ncccc23)C1. The van der Waals surface area contributed by atoms with Crippen LogP contribution in [-0.2, 0) is 16.1 Å². The van der Waals surface area contributed by atoms with Crippen LogP contribution in [0, 0.1) is 0 Å². The first-order valence-corrected chi connectivity index (χ1v) is 8.43. The monoisotopic (exact) mass is 329 g/mol. The second kappa shape index (κ2) is 6.98. The van der Waals surface area contributed by atoms with Gasteiger partial charge in [0.05, 0.1) is 12.2 Å². The van der Waals surface area contributed by atoms with Gasteiger partial charge in [-0.05, 0) is 18.6 Å². The van der Waals surface area contributed by atoms with E-state index in [0.717, 1.165) is 36.2 Å². The van der Waals surface area contributed by atoms with Gasteiger partial charge in [0.15, 0.2) is 5.65 Å². The molecule has 0 aromatic carbocycles. The number of nitrogens with zero attached hydrogens (tertiary/aromatic N) is 4. The maximum Gasteiger partial charge on any atom is 0.222 e. The number of carbonyl (C=O) groups excluding carboxylic acids is 2. The summed E-state index contributed by atoms with van der Waals surface area (Å²) in [7, 11) is 0. The molecule has 1 aliphatic rings. The molecule has 0 unspecified atom stereocenters. The molecule has 7 heteroatoms. The summed E-state index contributed by atoms with van der Waals surface area (Å²) in [6.45, 7) is 6.01. The van der Waals surface area contributed by atoms with E-state index in [9.17, 15) is 9.59 Å². The molecule has 1 atom stereocenters. The average Bonchev–Trinajstić information content (AvgIpc) is 3.19. The number of carbonyl (C=O) groups is 2. The molecule has 0 bridgehead atoms. The average molecular weight is 329 g/mol. The highest BCUT2D eigenvalue weighted by Gasteiger charge is 2.30. The molecule has 128 valence electrons. The Morgan fingerprint density at radius 1 is 1.42 bits per heavy atom. The third kappa shape index (κ3) is 3.25. The summed E-state index contributed by atoms with van der Waals surface area (Å²) in [5.74, 6) is 0.392. The van der Waals surface area contributed by atoms with Crippen LogP contribution < -0.4 is 5.32 Å². The molecule has 0 spiro atoms. The quantitative estimate of drug-likeness (QED) is 0.896. The van der Waals surface area contributed by atoms with Gasteiger partial charge in [0.2, 0.25) is 11.8 Å². The number of hydrogen-bond donors (Lipinski definition) is 1. The molecule has 3 rings (SSSR count). The molecule has 1 fully saturated rings. The molecule has 1 aliphatic heterocycles. The summed E-state index contributed by atoms with van der Waals surface area (Å²) >= 11 is 0. The number of amides is 2. The van der Waals surface area contributed by atoms with E-state index in [2.05, 4.69) is 10.3 Å². The Morgan fingerprint density at radius 3 is 3.00 bits per heavy atom. The van der Waals surface area contributed by atoms with Crippen molar-refractivity contribution in [3.8, 4) is 0 Å². The van der Waals surface area contributed by atoms with Crippen molar-refractivity contribution in [3.63, 3.8) is 0 Å². The van der Waals surface area contributed by atoms with E-state index in [4.69, 9.17) is 5.10 Å². The number of hydrogen-bond acceptors (Lipinski definition) is 4. The minimum Gasteiger partial charge on any atom is -0.354 e. The van der Waals surface area contributed by atoms with E-state index >= 15 is 0 Å². The number of likely N-dealkylation sites (tertiary alicyclic amines) is 1. The van der Waals surface area contributed by atoms with Crippen LogP contribution in [0.3, 0.4) is 0 Å². The van der Waals surface area contributed by atoms with E-state index in [1.165, 1.54) is 6.92 Å². The number of rotatable bonds is 5. The van der Waals surface area contributed by atoms with E-state index in [1.54, 1.807) is 6.20 Å². The lowest BCUT2D eigenvalue weighted by Gasteiger charge is -2.14. The molecule has 24 heavy (non-hydrogen) atoms. The van der Waals surface area contributed by atoms with Crippen LogP contribution in [0.5, 0.6) is 0 Å². The number of aromatic nitrogens is 3. The second-order valence-electron chi connectivity index (χ2n) is 6.14. The Bertz CT molecular complexity index is 755. The molecule has 1 saturated heterocycles.